The maximum absolute atomic E-state index is 12.7. The lowest BCUT2D eigenvalue weighted by Crippen LogP contribution is -2.46. The molecule has 3 rings (SSSR count). The van der Waals surface area contributed by atoms with E-state index in [2.05, 4.69) is 31.2 Å². The van der Waals surface area contributed by atoms with Crippen LogP contribution < -0.4 is 11.1 Å². The van der Waals surface area contributed by atoms with Gasteiger partial charge in [0.25, 0.3) is 5.91 Å². The number of hydrogen-bond acceptors (Lipinski definition) is 4. The van der Waals surface area contributed by atoms with Gasteiger partial charge in [-0.25, -0.2) is 4.98 Å². The van der Waals surface area contributed by atoms with Crippen molar-refractivity contribution in [2.45, 2.75) is 12.5 Å². The van der Waals surface area contributed by atoms with Crippen molar-refractivity contribution in [1.29, 1.82) is 0 Å². The molecule has 0 aliphatic rings. The summed E-state index contributed by atoms with van der Waals surface area (Å²) < 4.78 is 0.613. The first kappa shape index (κ1) is 17.0. The van der Waals surface area contributed by atoms with Gasteiger partial charge in [0.1, 0.15) is 10.6 Å². The van der Waals surface area contributed by atoms with Crippen LogP contribution >= 0.6 is 15.9 Å². The number of benzene rings is 1. The molecule has 0 spiro atoms. The monoisotopic (exact) mass is 398 g/mol. The highest BCUT2D eigenvalue weighted by Crippen LogP contribution is 2.17. The van der Waals surface area contributed by atoms with E-state index in [-0.39, 0.29) is 6.42 Å². The number of nitrogens with zero attached hydrogens (tertiary/aromatic N) is 2. The maximum atomic E-state index is 12.7. The van der Waals surface area contributed by atoms with E-state index in [1.165, 1.54) is 0 Å². The molecule has 7 heteroatoms. The van der Waals surface area contributed by atoms with Gasteiger partial charge in [0.15, 0.2) is 0 Å². The molecule has 2 amide bonds. The number of fused-ring (bicyclic) bond motifs is 1. The van der Waals surface area contributed by atoms with Gasteiger partial charge in [0.05, 0.1) is 11.1 Å². The largest absolute Gasteiger partial charge is 0.368 e. The van der Waals surface area contributed by atoms with E-state index in [1.54, 1.807) is 36.7 Å². The van der Waals surface area contributed by atoms with Crippen LogP contribution in [0.25, 0.3) is 10.9 Å². The van der Waals surface area contributed by atoms with Crippen LogP contribution in [0.15, 0.2) is 59.5 Å². The molecule has 0 bridgehead atoms. The molecule has 0 saturated carbocycles. The van der Waals surface area contributed by atoms with Crippen LogP contribution in [0.3, 0.4) is 0 Å². The first-order valence-electron chi connectivity index (χ1n) is 7.59. The minimum absolute atomic E-state index is 0.244. The van der Waals surface area contributed by atoms with E-state index in [1.807, 2.05) is 18.2 Å². The second-order valence-corrected chi connectivity index (χ2v) is 6.22. The highest BCUT2D eigenvalue weighted by molar-refractivity contribution is 9.10. The summed E-state index contributed by atoms with van der Waals surface area (Å²) in [7, 11) is 0. The average Bonchev–Trinajstić information content (AvgIpc) is 2.62. The second-order valence-electron chi connectivity index (χ2n) is 5.47. The number of amides is 2. The summed E-state index contributed by atoms with van der Waals surface area (Å²) in [4.78, 5) is 32.8. The second kappa shape index (κ2) is 7.40. The first-order valence-corrected chi connectivity index (χ1v) is 8.39. The van der Waals surface area contributed by atoms with Gasteiger partial charge < -0.3 is 11.1 Å². The Hall–Kier alpha value is -2.80. The molecule has 1 atom stereocenters. The zero-order valence-electron chi connectivity index (χ0n) is 13.1. The van der Waals surface area contributed by atoms with Crippen molar-refractivity contribution in [3.05, 3.63) is 70.6 Å². The summed E-state index contributed by atoms with van der Waals surface area (Å²) in [5.74, 6) is -1.01. The number of aromatic nitrogens is 2. The van der Waals surface area contributed by atoms with Crippen molar-refractivity contribution in [3.63, 3.8) is 0 Å². The third kappa shape index (κ3) is 3.83. The van der Waals surface area contributed by atoms with Crippen molar-refractivity contribution < 1.29 is 9.59 Å². The Balaban J connectivity index is 1.86. The molecule has 1 aromatic carbocycles. The Bertz CT molecular complexity index is 940. The molecular weight excluding hydrogens is 384 g/mol. The smallest absolute Gasteiger partial charge is 0.254 e. The minimum atomic E-state index is -0.855. The molecular formula is C18H15BrN4O2. The number of carbonyl (C=O) groups excluding carboxylic acids is 2. The molecule has 126 valence electrons. The number of rotatable bonds is 5. The first-order chi connectivity index (χ1) is 12.1. The minimum Gasteiger partial charge on any atom is -0.368 e. The van der Waals surface area contributed by atoms with Crippen molar-refractivity contribution in [2.24, 2.45) is 5.73 Å². The summed E-state index contributed by atoms with van der Waals surface area (Å²) in [6.45, 7) is 0. The Morgan fingerprint density at radius 3 is 2.56 bits per heavy atom. The molecule has 0 fully saturated rings. The average molecular weight is 399 g/mol. The molecule has 6 nitrogen and oxygen atoms in total. The summed E-state index contributed by atoms with van der Waals surface area (Å²) in [6, 6.07) is 11.7. The third-order valence-electron chi connectivity index (χ3n) is 3.79. The summed E-state index contributed by atoms with van der Waals surface area (Å²) in [5, 5.41) is 3.55. The van der Waals surface area contributed by atoms with Crippen LogP contribution in [0.5, 0.6) is 0 Å². The summed E-state index contributed by atoms with van der Waals surface area (Å²) >= 11 is 3.33. The fraction of sp³-hybridized carbons (Fsp3) is 0.111. The normalized spacial score (nSPS) is 11.9. The Kier molecular flexibility index (Phi) is 5.04. The van der Waals surface area contributed by atoms with Crippen LogP contribution in [0.2, 0.25) is 0 Å². The Labute approximate surface area is 152 Å². The van der Waals surface area contributed by atoms with Gasteiger partial charge in [-0.05, 0) is 39.7 Å². The number of halogens is 1. The van der Waals surface area contributed by atoms with Crippen molar-refractivity contribution in [2.75, 3.05) is 0 Å². The van der Waals surface area contributed by atoms with Crippen molar-refractivity contribution >= 4 is 38.6 Å². The highest BCUT2D eigenvalue weighted by atomic mass is 79.9. The van der Waals surface area contributed by atoms with Crippen LogP contribution in [0, 0.1) is 0 Å². The lowest BCUT2D eigenvalue weighted by Gasteiger charge is -2.16. The van der Waals surface area contributed by atoms with Gasteiger partial charge in [-0.3, -0.25) is 14.6 Å². The van der Waals surface area contributed by atoms with E-state index in [0.717, 1.165) is 10.9 Å². The fourth-order valence-electron chi connectivity index (χ4n) is 2.54. The van der Waals surface area contributed by atoms with Crippen LogP contribution in [0.1, 0.15) is 15.9 Å². The Morgan fingerprint density at radius 2 is 1.80 bits per heavy atom. The van der Waals surface area contributed by atoms with E-state index < -0.39 is 17.9 Å². The SMILES string of the molecule is NC(=O)[C@@H](Cc1cccnc1Br)NC(=O)c1cccc2cccnc12. The number of hydrogen-bond donors (Lipinski definition) is 2. The number of nitrogens with two attached hydrogens (primary N) is 1. The lowest BCUT2D eigenvalue weighted by atomic mass is 10.1. The van der Waals surface area contributed by atoms with Gasteiger partial charge in [0.2, 0.25) is 5.91 Å². The molecule has 0 saturated heterocycles. The van der Waals surface area contributed by atoms with Crippen LogP contribution in [-0.2, 0) is 11.2 Å². The zero-order chi connectivity index (χ0) is 17.8. The molecule has 3 aromatic rings. The number of pyridine rings is 2. The predicted octanol–water partition coefficient (Wildman–Crippen LogP) is 2.22. The van der Waals surface area contributed by atoms with Crippen LogP contribution in [-0.4, -0.2) is 27.8 Å². The molecule has 0 aliphatic carbocycles. The van der Waals surface area contributed by atoms with Crippen molar-refractivity contribution in [1.82, 2.24) is 15.3 Å². The standard InChI is InChI=1S/C18H15BrN4O2/c19-16-12(6-3-9-22-16)10-14(17(20)24)23-18(25)13-7-1-4-11-5-2-8-21-15(11)13/h1-9,14H,10H2,(H2,20,24)(H,23,25)/t14-/m1/s1. The number of primary amides is 1. The highest BCUT2D eigenvalue weighted by Gasteiger charge is 2.22. The maximum Gasteiger partial charge on any atom is 0.254 e. The quantitative estimate of drug-likeness (QED) is 0.643. The Morgan fingerprint density at radius 1 is 1.08 bits per heavy atom. The van der Waals surface area contributed by atoms with E-state index >= 15 is 0 Å². The van der Waals surface area contributed by atoms with E-state index in [4.69, 9.17) is 5.73 Å². The number of nitrogens with one attached hydrogen (secondary N) is 1. The van der Waals surface area contributed by atoms with Gasteiger partial charge in [-0.1, -0.05) is 24.3 Å². The molecule has 0 aliphatic heterocycles. The molecule has 0 radical (unpaired) electrons. The lowest BCUT2D eigenvalue weighted by molar-refractivity contribution is -0.119. The molecule has 3 N–H and O–H groups in total. The third-order valence-corrected chi connectivity index (χ3v) is 4.50. The number of carbonyl (C=O) groups is 2. The van der Waals surface area contributed by atoms with E-state index in [9.17, 15) is 9.59 Å². The number of para-hydroxylation sites is 1. The van der Waals surface area contributed by atoms with Gasteiger partial charge in [0, 0.05) is 24.2 Å². The van der Waals surface area contributed by atoms with Crippen molar-refractivity contribution in [3.8, 4) is 0 Å². The fourth-order valence-corrected chi connectivity index (χ4v) is 2.95. The molecule has 2 aromatic heterocycles. The molecule has 0 unspecified atom stereocenters. The van der Waals surface area contributed by atoms with Gasteiger partial charge in [-0.2, -0.15) is 0 Å². The van der Waals surface area contributed by atoms with Gasteiger partial charge in [-0.15, -0.1) is 0 Å². The zero-order valence-corrected chi connectivity index (χ0v) is 14.7. The molecule has 25 heavy (non-hydrogen) atoms. The van der Waals surface area contributed by atoms with Gasteiger partial charge >= 0.3 is 0 Å². The topological polar surface area (TPSA) is 98.0 Å². The van der Waals surface area contributed by atoms with Crippen LogP contribution in [0.4, 0.5) is 0 Å². The molecule has 2 heterocycles. The van der Waals surface area contributed by atoms with E-state index in [0.29, 0.717) is 15.7 Å². The predicted molar refractivity (Wildman–Crippen MR) is 97.8 cm³/mol. The summed E-state index contributed by atoms with van der Waals surface area (Å²) in [6.07, 6.45) is 3.50. The summed E-state index contributed by atoms with van der Waals surface area (Å²) in [5.41, 5.74) is 7.22.